The van der Waals surface area contributed by atoms with E-state index >= 15 is 0 Å². The first-order valence-corrected chi connectivity index (χ1v) is 9.78. The molecular weight excluding hydrogens is 384 g/mol. The maximum Gasteiger partial charge on any atom is 0.317 e. The largest absolute Gasteiger partial charge is 0.472 e. The molecule has 0 radical (unpaired) electrons. The number of esters is 2. The van der Waals surface area contributed by atoms with Crippen LogP contribution in [0.4, 0.5) is 0 Å². The number of carbonyl (C=O) groups excluding carboxylic acids is 2. The molecule has 2 bridgehead atoms. The summed E-state index contributed by atoms with van der Waals surface area (Å²) in [6.07, 6.45) is -0.637. The van der Waals surface area contributed by atoms with Crippen LogP contribution in [0.2, 0.25) is 0 Å². The standard InChI is InChI=1S/C20H22O9/c1-9-13(22)26-12-11(21)6-16(2)14(23)27-15-20(16)17(12,3)18(9,24)8-19(28-15,29-20)10-4-5-25-7-10/h4-5,7,9,11-12,15,21,24H,6,8H2,1-3H3. The Bertz CT molecular complexity index is 944. The number of carbonyl (C=O) groups is 2. The third kappa shape index (κ3) is 1.51. The Morgan fingerprint density at radius 3 is 2.66 bits per heavy atom. The molecule has 5 fully saturated rings. The second-order valence-electron chi connectivity index (χ2n) is 9.44. The van der Waals surface area contributed by atoms with Crippen LogP contribution in [0.1, 0.15) is 39.2 Å². The van der Waals surface area contributed by atoms with Gasteiger partial charge in [-0.2, -0.15) is 0 Å². The Morgan fingerprint density at radius 1 is 1.21 bits per heavy atom. The molecule has 6 rings (SSSR count). The topological polar surface area (TPSA) is 125 Å². The molecule has 29 heavy (non-hydrogen) atoms. The first kappa shape index (κ1) is 17.9. The van der Waals surface area contributed by atoms with E-state index in [1.54, 1.807) is 26.8 Å². The number of fused-ring (bicyclic) bond motifs is 1. The van der Waals surface area contributed by atoms with Gasteiger partial charge in [-0.15, -0.1) is 0 Å². The second-order valence-corrected chi connectivity index (χ2v) is 9.44. The van der Waals surface area contributed by atoms with Crippen LogP contribution in [-0.4, -0.2) is 51.9 Å². The van der Waals surface area contributed by atoms with Crippen LogP contribution in [0.3, 0.4) is 0 Å². The Balaban J connectivity index is 1.68. The van der Waals surface area contributed by atoms with Crippen molar-refractivity contribution in [3.63, 3.8) is 0 Å². The van der Waals surface area contributed by atoms with E-state index in [4.69, 9.17) is 23.4 Å². The SMILES string of the molecule is CC1C(=O)OC2C(O)CC3(C)C(=O)OC4OC5(c6ccoc6)CC1(O)C2(C)C43O5. The quantitative estimate of drug-likeness (QED) is 0.644. The Hall–Kier alpha value is -1.94. The van der Waals surface area contributed by atoms with Crippen LogP contribution in [-0.2, 0) is 34.3 Å². The molecule has 9 unspecified atom stereocenters. The molecule has 1 spiro atoms. The monoisotopic (exact) mass is 406 g/mol. The molecule has 5 aliphatic rings. The lowest BCUT2D eigenvalue weighted by Gasteiger charge is -2.68. The van der Waals surface area contributed by atoms with Gasteiger partial charge in [-0.05, 0) is 26.3 Å². The Kier molecular flexibility index (Phi) is 2.89. The summed E-state index contributed by atoms with van der Waals surface area (Å²) >= 11 is 0. The predicted octanol–water partition coefficient (Wildman–Crippen LogP) is 0.574. The fourth-order valence-electron chi connectivity index (χ4n) is 6.84. The van der Waals surface area contributed by atoms with Crippen LogP contribution in [0.15, 0.2) is 23.0 Å². The highest BCUT2D eigenvalue weighted by Gasteiger charge is 2.92. The summed E-state index contributed by atoms with van der Waals surface area (Å²) in [5, 5.41) is 23.1. The predicted molar refractivity (Wildman–Crippen MR) is 90.6 cm³/mol. The molecule has 4 saturated heterocycles. The van der Waals surface area contributed by atoms with E-state index in [-0.39, 0.29) is 12.8 Å². The summed E-state index contributed by atoms with van der Waals surface area (Å²) in [5.74, 6) is -3.59. The molecule has 9 heteroatoms. The zero-order chi connectivity index (χ0) is 20.6. The van der Waals surface area contributed by atoms with Crippen molar-refractivity contribution in [2.75, 3.05) is 0 Å². The maximum absolute atomic E-state index is 13.0. The highest BCUT2D eigenvalue weighted by atomic mass is 16.9. The zero-order valence-corrected chi connectivity index (χ0v) is 16.2. The summed E-state index contributed by atoms with van der Waals surface area (Å²) in [6.45, 7) is 4.94. The number of aliphatic hydroxyl groups excluding tert-OH is 1. The number of furan rings is 1. The molecule has 9 atom stereocenters. The Labute approximate surface area is 165 Å². The van der Waals surface area contributed by atoms with Crippen LogP contribution in [0.5, 0.6) is 0 Å². The highest BCUT2D eigenvalue weighted by Crippen LogP contribution is 2.77. The number of ether oxygens (including phenoxy) is 4. The molecule has 4 aliphatic heterocycles. The third-order valence-electron chi connectivity index (χ3n) is 8.42. The molecule has 1 aromatic heterocycles. The van der Waals surface area contributed by atoms with E-state index in [0.29, 0.717) is 5.56 Å². The smallest absolute Gasteiger partial charge is 0.317 e. The average molecular weight is 406 g/mol. The van der Waals surface area contributed by atoms with Crippen molar-refractivity contribution in [2.45, 2.75) is 69.1 Å². The molecule has 5 heterocycles. The van der Waals surface area contributed by atoms with E-state index in [1.807, 2.05) is 0 Å². The summed E-state index contributed by atoms with van der Waals surface area (Å²) in [6, 6.07) is 1.66. The van der Waals surface area contributed by atoms with Crippen molar-refractivity contribution < 1.29 is 43.2 Å². The molecule has 156 valence electrons. The van der Waals surface area contributed by atoms with Gasteiger partial charge in [0.2, 0.25) is 12.1 Å². The average Bonchev–Trinajstić information content (AvgIpc) is 3.32. The van der Waals surface area contributed by atoms with Gasteiger partial charge < -0.3 is 33.6 Å². The van der Waals surface area contributed by atoms with E-state index in [9.17, 15) is 19.8 Å². The lowest BCUT2D eigenvalue weighted by Crippen LogP contribution is -2.83. The van der Waals surface area contributed by atoms with Crippen LogP contribution in [0, 0.1) is 16.7 Å². The van der Waals surface area contributed by atoms with Crippen molar-refractivity contribution in [1.29, 1.82) is 0 Å². The van der Waals surface area contributed by atoms with Gasteiger partial charge in [0.05, 0.1) is 35.6 Å². The van der Waals surface area contributed by atoms with Crippen LogP contribution >= 0.6 is 0 Å². The lowest BCUT2D eigenvalue weighted by atomic mass is 9.42. The van der Waals surface area contributed by atoms with E-state index < -0.39 is 64.2 Å². The van der Waals surface area contributed by atoms with Gasteiger partial charge in [0.25, 0.3) is 0 Å². The van der Waals surface area contributed by atoms with E-state index in [1.165, 1.54) is 12.5 Å². The number of rotatable bonds is 1. The molecular formula is C20H22O9. The van der Waals surface area contributed by atoms with Crippen LogP contribution in [0.25, 0.3) is 0 Å². The highest BCUT2D eigenvalue weighted by molar-refractivity contribution is 5.83. The molecule has 1 saturated carbocycles. The number of aliphatic hydroxyl groups is 2. The summed E-state index contributed by atoms with van der Waals surface area (Å²) < 4.78 is 29.3. The van der Waals surface area contributed by atoms with Gasteiger partial charge >= 0.3 is 11.9 Å². The van der Waals surface area contributed by atoms with E-state index in [0.717, 1.165) is 0 Å². The van der Waals surface area contributed by atoms with Crippen molar-refractivity contribution in [2.24, 2.45) is 16.7 Å². The summed E-state index contributed by atoms with van der Waals surface area (Å²) in [4.78, 5) is 25.7. The Morgan fingerprint density at radius 2 is 1.97 bits per heavy atom. The molecule has 9 nitrogen and oxygen atoms in total. The van der Waals surface area contributed by atoms with Crippen molar-refractivity contribution >= 4 is 11.9 Å². The van der Waals surface area contributed by atoms with Gasteiger partial charge in [0.15, 0.2) is 5.60 Å². The minimum atomic E-state index is -1.70. The number of hydrogen-bond acceptors (Lipinski definition) is 9. The third-order valence-corrected chi connectivity index (χ3v) is 8.42. The normalized spacial score (nSPS) is 57.3. The first-order chi connectivity index (χ1) is 13.6. The summed E-state index contributed by atoms with van der Waals surface area (Å²) in [7, 11) is 0. The molecule has 2 N–H and O–H groups in total. The van der Waals surface area contributed by atoms with Gasteiger partial charge in [-0.25, -0.2) is 0 Å². The van der Waals surface area contributed by atoms with E-state index in [2.05, 4.69) is 0 Å². The first-order valence-electron chi connectivity index (χ1n) is 9.78. The van der Waals surface area contributed by atoms with Gasteiger partial charge in [-0.1, -0.05) is 6.92 Å². The maximum atomic E-state index is 13.0. The fourth-order valence-corrected chi connectivity index (χ4v) is 6.84. The van der Waals surface area contributed by atoms with Crippen molar-refractivity contribution in [3.05, 3.63) is 24.2 Å². The van der Waals surface area contributed by atoms with Crippen molar-refractivity contribution in [1.82, 2.24) is 0 Å². The van der Waals surface area contributed by atoms with Crippen LogP contribution < -0.4 is 0 Å². The number of hydrogen-bond donors (Lipinski definition) is 2. The molecule has 1 aromatic rings. The van der Waals surface area contributed by atoms with Crippen molar-refractivity contribution in [3.8, 4) is 0 Å². The zero-order valence-electron chi connectivity index (χ0n) is 16.2. The van der Waals surface area contributed by atoms with Gasteiger partial charge in [0.1, 0.15) is 11.5 Å². The second kappa shape index (κ2) is 4.69. The lowest BCUT2D eigenvalue weighted by molar-refractivity contribution is -0.395. The molecule has 0 aromatic carbocycles. The molecule has 1 aliphatic carbocycles. The minimum Gasteiger partial charge on any atom is -0.472 e. The molecule has 0 amide bonds. The summed E-state index contributed by atoms with van der Waals surface area (Å²) in [5.41, 5.74) is -5.33. The minimum absolute atomic E-state index is 0.0504. The van der Waals surface area contributed by atoms with Gasteiger partial charge in [-0.3, -0.25) is 9.59 Å². The van der Waals surface area contributed by atoms with Gasteiger partial charge in [0, 0.05) is 12.0 Å². The fraction of sp³-hybridized carbons (Fsp3) is 0.700.